The Morgan fingerprint density at radius 3 is 1.96 bits per heavy atom. The SMILES string of the molecule is C=CCOP(=O)(OCCNC(=O)[C@@H](NC(=O)Cc1c[nH]c2ccccc12)[C@@H](C)CC)OCC(NC(=O)OCC1c2ccccc2-c2ccccc21)C(=O)NCCCOC(=O)CCCCCCCCCCCCCCC. The van der Waals surface area contributed by atoms with Crippen LogP contribution in [0.15, 0.2) is 91.6 Å². The van der Waals surface area contributed by atoms with E-state index in [-0.39, 0.29) is 69.7 Å². The molecule has 4 atom stereocenters. The van der Waals surface area contributed by atoms with Crippen molar-refractivity contribution in [1.29, 1.82) is 0 Å². The number of fused-ring (bicyclic) bond motifs is 4. The first-order valence-electron chi connectivity index (χ1n) is 27.3. The molecule has 4 amide bonds. The molecule has 5 N–H and O–H groups in total. The Bertz CT molecular complexity index is 2420. The van der Waals surface area contributed by atoms with Gasteiger partial charge in [0.1, 0.15) is 18.7 Å². The normalized spacial score (nSPS) is 13.9. The lowest BCUT2D eigenvalue weighted by Crippen LogP contribution is -2.51. The number of alkyl carbamates (subject to hydrolysis) is 1. The van der Waals surface area contributed by atoms with Crippen molar-refractivity contribution in [2.45, 2.75) is 148 Å². The molecule has 3 aromatic carbocycles. The van der Waals surface area contributed by atoms with Crippen molar-refractivity contribution in [3.63, 3.8) is 0 Å². The Kier molecular flexibility index (Phi) is 26.7. The number of amides is 4. The molecular formula is C58H82N5O11P. The third-order valence-corrected chi connectivity index (χ3v) is 15.0. The van der Waals surface area contributed by atoms with Crippen molar-refractivity contribution < 1.29 is 51.6 Å². The van der Waals surface area contributed by atoms with Crippen LogP contribution in [0.1, 0.15) is 146 Å². The van der Waals surface area contributed by atoms with Gasteiger partial charge in [-0.1, -0.05) is 177 Å². The van der Waals surface area contributed by atoms with Crippen LogP contribution in [-0.4, -0.2) is 93.0 Å². The van der Waals surface area contributed by atoms with E-state index in [1.165, 1.54) is 70.3 Å². The van der Waals surface area contributed by atoms with Gasteiger partial charge in [-0.25, -0.2) is 9.36 Å². The molecule has 0 spiro atoms. The molecule has 0 saturated heterocycles. The predicted molar refractivity (Wildman–Crippen MR) is 293 cm³/mol. The molecule has 1 aliphatic carbocycles. The van der Waals surface area contributed by atoms with Crippen molar-refractivity contribution in [2.75, 3.05) is 46.1 Å². The fraction of sp³-hybridized carbons (Fsp3) is 0.534. The Morgan fingerprint density at radius 1 is 0.693 bits per heavy atom. The highest BCUT2D eigenvalue weighted by Gasteiger charge is 2.33. The maximum atomic E-state index is 14.0. The molecule has 0 fully saturated rings. The van der Waals surface area contributed by atoms with Crippen LogP contribution in [-0.2, 0) is 53.2 Å². The largest absolute Gasteiger partial charge is 0.475 e. The van der Waals surface area contributed by atoms with Crippen molar-refractivity contribution in [3.8, 4) is 11.1 Å². The van der Waals surface area contributed by atoms with Crippen LogP contribution in [0.2, 0.25) is 0 Å². The van der Waals surface area contributed by atoms with Crippen molar-refractivity contribution in [1.82, 2.24) is 26.3 Å². The van der Waals surface area contributed by atoms with E-state index in [2.05, 4.69) is 39.8 Å². The highest BCUT2D eigenvalue weighted by Crippen LogP contribution is 2.49. The zero-order chi connectivity index (χ0) is 53.7. The first kappa shape index (κ1) is 60.1. The van der Waals surface area contributed by atoms with Gasteiger partial charge in [0.25, 0.3) is 0 Å². The molecule has 1 heterocycles. The maximum absolute atomic E-state index is 14.0. The molecule has 0 saturated carbocycles. The molecule has 5 rings (SSSR count). The summed E-state index contributed by atoms with van der Waals surface area (Å²) in [6, 6.07) is 21.1. The van der Waals surface area contributed by atoms with E-state index >= 15 is 0 Å². The minimum absolute atomic E-state index is 0.0266. The van der Waals surface area contributed by atoms with Crippen LogP contribution < -0.4 is 21.3 Å². The second-order valence-corrected chi connectivity index (χ2v) is 21.0. The summed E-state index contributed by atoms with van der Waals surface area (Å²) >= 11 is 0. The molecule has 410 valence electrons. The van der Waals surface area contributed by atoms with E-state index in [1.54, 1.807) is 6.20 Å². The van der Waals surface area contributed by atoms with Crippen LogP contribution in [0, 0.1) is 5.92 Å². The molecule has 0 bridgehead atoms. The van der Waals surface area contributed by atoms with Gasteiger partial charge >= 0.3 is 19.9 Å². The molecule has 2 unspecified atom stereocenters. The van der Waals surface area contributed by atoms with E-state index in [0.29, 0.717) is 19.3 Å². The summed E-state index contributed by atoms with van der Waals surface area (Å²) in [6.45, 7) is 8.39. The molecule has 1 aromatic heterocycles. The average Bonchev–Trinajstić information content (AvgIpc) is 3.98. The third-order valence-electron chi connectivity index (χ3n) is 13.6. The number of para-hydroxylation sites is 1. The maximum Gasteiger partial charge on any atom is 0.475 e. The quantitative estimate of drug-likeness (QED) is 0.0123. The van der Waals surface area contributed by atoms with Gasteiger partial charge in [0.15, 0.2) is 0 Å². The van der Waals surface area contributed by atoms with Crippen molar-refractivity contribution >= 4 is 48.5 Å². The lowest BCUT2D eigenvalue weighted by molar-refractivity contribution is -0.143. The monoisotopic (exact) mass is 1060 g/mol. The standard InChI is InChI=1S/C58H82N5O11P/c1-5-8-9-10-11-12-13-14-15-16-17-18-19-33-54(65)70-37-26-34-59-56(66)52(62-58(68)71-41-50-48-30-22-20-28-46(48)47-29-21-23-31-49(47)50)42-74-75(69,72-36-6-2)73-38-35-60-57(67)55(43(4)7-3)63-53(64)39-44-40-61-51-32-25-24-27-45(44)51/h6,20-25,27-32,40,43,50,52,55,61H,2,5,7-19,26,33-39,41-42H2,1,3-4H3,(H,59,66)(H,60,67)(H,62,68)(H,63,64)/t43-,52?,55-,75?/m0/s1. The van der Waals surface area contributed by atoms with Crippen molar-refractivity contribution in [2.24, 2.45) is 5.92 Å². The fourth-order valence-corrected chi connectivity index (χ4v) is 10.3. The highest BCUT2D eigenvalue weighted by molar-refractivity contribution is 7.48. The molecule has 4 aromatic rings. The van der Waals surface area contributed by atoms with E-state index < -0.39 is 44.4 Å². The number of benzene rings is 3. The van der Waals surface area contributed by atoms with Gasteiger partial charge in [0.2, 0.25) is 17.7 Å². The summed E-state index contributed by atoms with van der Waals surface area (Å²) in [6.07, 6.45) is 19.3. The number of unbranched alkanes of at least 4 members (excludes halogenated alkanes) is 12. The molecule has 75 heavy (non-hydrogen) atoms. The highest BCUT2D eigenvalue weighted by atomic mass is 31.2. The number of rotatable bonds is 38. The summed E-state index contributed by atoms with van der Waals surface area (Å²) in [5, 5.41) is 11.8. The molecule has 16 nitrogen and oxygen atoms in total. The summed E-state index contributed by atoms with van der Waals surface area (Å²) in [5.41, 5.74) is 5.81. The van der Waals surface area contributed by atoms with Gasteiger partial charge in [-0.3, -0.25) is 32.7 Å². The van der Waals surface area contributed by atoms with Gasteiger partial charge in [0, 0.05) is 42.5 Å². The number of H-pyrrole nitrogens is 1. The number of hydrogen-bond donors (Lipinski definition) is 5. The summed E-state index contributed by atoms with van der Waals surface area (Å²) in [5.74, 6) is -2.23. The van der Waals surface area contributed by atoms with Gasteiger partial charge in [-0.05, 0) is 52.6 Å². The first-order chi connectivity index (χ1) is 36.5. The number of phosphoric ester groups is 1. The molecule has 0 radical (unpaired) electrons. The number of aromatic nitrogens is 1. The van der Waals surface area contributed by atoms with Crippen LogP contribution in [0.5, 0.6) is 0 Å². The number of nitrogens with one attached hydrogen (secondary N) is 5. The molecular weight excluding hydrogens is 974 g/mol. The Labute approximate surface area is 444 Å². The van der Waals surface area contributed by atoms with Crippen LogP contribution >= 0.6 is 7.82 Å². The van der Waals surface area contributed by atoms with E-state index in [1.807, 2.05) is 86.6 Å². The van der Waals surface area contributed by atoms with E-state index in [0.717, 1.165) is 58.0 Å². The van der Waals surface area contributed by atoms with Gasteiger partial charge in [-0.15, -0.1) is 6.58 Å². The van der Waals surface area contributed by atoms with Crippen molar-refractivity contribution in [3.05, 3.63) is 108 Å². The fourth-order valence-electron chi connectivity index (χ4n) is 9.16. The molecule has 17 heteroatoms. The number of esters is 1. The van der Waals surface area contributed by atoms with Crippen LogP contribution in [0.25, 0.3) is 22.0 Å². The second kappa shape index (κ2) is 33.3. The lowest BCUT2D eigenvalue weighted by Gasteiger charge is -2.24. The van der Waals surface area contributed by atoms with Crippen LogP contribution in [0.4, 0.5) is 4.79 Å². The minimum Gasteiger partial charge on any atom is -0.466 e. The number of ether oxygens (including phenoxy) is 2. The predicted octanol–water partition coefficient (Wildman–Crippen LogP) is 11.1. The Morgan fingerprint density at radius 2 is 1.31 bits per heavy atom. The molecule has 1 aliphatic rings. The van der Waals surface area contributed by atoms with Crippen LogP contribution in [0.3, 0.4) is 0 Å². The molecule has 0 aliphatic heterocycles. The lowest BCUT2D eigenvalue weighted by atomic mass is 9.98. The average molecular weight is 1060 g/mol. The Balaban J connectivity index is 1.10. The first-order valence-corrected chi connectivity index (χ1v) is 28.7. The summed E-state index contributed by atoms with van der Waals surface area (Å²) in [7, 11) is -4.46. The van der Waals surface area contributed by atoms with E-state index in [9.17, 15) is 28.5 Å². The van der Waals surface area contributed by atoms with Gasteiger partial charge < -0.3 is 35.7 Å². The Hall–Kier alpha value is -5.80. The smallest absolute Gasteiger partial charge is 0.466 e. The number of aromatic amines is 1. The zero-order valence-electron chi connectivity index (χ0n) is 44.5. The number of hydrogen-bond acceptors (Lipinski definition) is 11. The second-order valence-electron chi connectivity index (χ2n) is 19.3. The summed E-state index contributed by atoms with van der Waals surface area (Å²) < 4.78 is 41.9. The topological polar surface area (TPSA) is 212 Å². The number of carbonyl (C=O) groups is 5. The van der Waals surface area contributed by atoms with Gasteiger partial charge in [-0.2, -0.15) is 0 Å². The number of carbonyl (C=O) groups excluding carboxylic acids is 5. The minimum atomic E-state index is -4.46. The third kappa shape index (κ3) is 20.3. The number of phosphoric acid groups is 1. The summed E-state index contributed by atoms with van der Waals surface area (Å²) in [4.78, 5) is 69.5. The van der Waals surface area contributed by atoms with Gasteiger partial charge in [0.05, 0.1) is 32.8 Å². The van der Waals surface area contributed by atoms with E-state index in [4.69, 9.17) is 23.0 Å². The zero-order valence-corrected chi connectivity index (χ0v) is 45.4.